The van der Waals surface area contributed by atoms with Crippen molar-refractivity contribution in [2.75, 3.05) is 6.61 Å². The summed E-state index contributed by atoms with van der Waals surface area (Å²) < 4.78 is 1.67. The van der Waals surface area contributed by atoms with Gasteiger partial charge in [0.2, 0.25) is 0 Å². The molecule has 0 saturated carbocycles. The second-order valence-electron chi connectivity index (χ2n) is 4.23. The lowest BCUT2D eigenvalue weighted by Crippen LogP contribution is -2.39. The minimum atomic E-state index is -0.146. The molecule has 90 valence electrons. The number of imidazole rings is 1. The zero-order valence-electron chi connectivity index (χ0n) is 9.97. The molecule has 1 aromatic heterocycles. The highest BCUT2D eigenvalue weighted by Gasteiger charge is 2.18. The minimum Gasteiger partial charge on any atom is -0.396 e. The van der Waals surface area contributed by atoms with Crippen molar-refractivity contribution >= 4 is 5.91 Å². The van der Waals surface area contributed by atoms with Crippen LogP contribution < -0.4 is 5.32 Å². The molecule has 5 nitrogen and oxygen atoms in total. The molecule has 0 fully saturated rings. The first-order valence-corrected chi connectivity index (χ1v) is 5.44. The summed E-state index contributed by atoms with van der Waals surface area (Å²) in [6.07, 6.45) is 3.69. The van der Waals surface area contributed by atoms with Gasteiger partial charge in [-0.15, -0.1) is 0 Å². The molecule has 2 N–H and O–H groups in total. The summed E-state index contributed by atoms with van der Waals surface area (Å²) in [5.41, 5.74) is 0.531. The van der Waals surface area contributed by atoms with Gasteiger partial charge in [0, 0.05) is 19.7 Å². The van der Waals surface area contributed by atoms with Gasteiger partial charge in [-0.25, -0.2) is 4.98 Å². The van der Waals surface area contributed by atoms with Gasteiger partial charge in [0.25, 0.3) is 5.91 Å². The van der Waals surface area contributed by atoms with E-state index in [0.29, 0.717) is 18.0 Å². The van der Waals surface area contributed by atoms with Crippen LogP contribution in [0.2, 0.25) is 0 Å². The number of carbonyl (C=O) groups excluding carboxylic acids is 1. The lowest BCUT2D eigenvalue weighted by Gasteiger charge is -2.21. The number of hydrogen-bond donors (Lipinski definition) is 2. The van der Waals surface area contributed by atoms with E-state index >= 15 is 0 Å². The normalized spacial score (nSPS) is 12.8. The smallest absolute Gasteiger partial charge is 0.269 e. The number of aliphatic hydroxyl groups is 1. The van der Waals surface area contributed by atoms with Crippen molar-refractivity contribution in [1.82, 2.24) is 14.9 Å². The number of aliphatic hydroxyl groups excluding tert-OH is 1. The fourth-order valence-corrected chi connectivity index (χ4v) is 1.53. The predicted octanol–water partition coefficient (Wildman–Crippen LogP) is 0.557. The van der Waals surface area contributed by atoms with Gasteiger partial charge in [0.15, 0.2) is 0 Å². The van der Waals surface area contributed by atoms with Gasteiger partial charge < -0.3 is 15.0 Å². The Morgan fingerprint density at radius 1 is 1.62 bits per heavy atom. The minimum absolute atomic E-state index is 0.00704. The van der Waals surface area contributed by atoms with Gasteiger partial charge in [-0.3, -0.25) is 4.79 Å². The van der Waals surface area contributed by atoms with Crippen molar-refractivity contribution in [2.45, 2.75) is 26.3 Å². The molecule has 5 heteroatoms. The van der Waals surface area contributed by atoms with Crippen molar-refractivity contribution in [3.63, 3.8) is 0 Å². The van der Waals surface area contributed by atoms with Crippen molar-refractivity contribution in [3.05, 3.63) is 18.2 Å². The molecule has 0 aliphatic rings. The van der Waals surface area contributed by atoms with Crippen LogP contribution in [0.3, 0.4) is 0 Å². The summed E-state index contributed by atoms with van der Waals surface area (Å²) in [4.78, 5) is 15.8. The molecule has 0 saturated heterocycles. The summed E-state index contributed by atoms with van der Waals surface area (Å²) in [5, 5.41) is 11.8. The molecule has 1 rings (SSSR count). The number of nitrogens with zero attached hydrogens (tertiary/aromatic N) is 2. The van der Waals surface area contributed by atoms with Crippen LogP contribution in [-0.4, -0.2) is 33.2 Å². The van der Waals surface area contributed by atoms with E-state index in [2.05, 4.69) is 10.3 Å². The van der Waals surface area contributed by atoms with Crippen molar-refractivity contribution in [2.24, 2.45) is 13.0 Å². The van der Waals surface area contributed by atoms with Crippen LogP contribution in [0.15, 0.2) is 12.5 Å². The van der Waals surface area contributed by atoms with Crippen molar-refractivity contribution in [1.29, 1.82) is 0 Å². The molecule has 0 aromatic carbocycles. The molecule has 1 unspecified atom stereocenters. The van der Waals surface area contributed by atoms with E-state index in [1.807, 2.05) is 13.8 Å². The molecule has 0 aliphatic carbocycles. The fraction of sp³-hybridized carbons (Fsp3) is 0.636. The molecular weight excluding hydrogens is 206 g/mol. The summed E-state index contributed by atoms with van der Waals surface area (Å²) in [6, 6.07) is -0.00704. The molecule has 0 radical (unpaired) electrons. The van der Waals surface area contributed by atoms with Crippen LogP contribution in [0, 0.1) is 5.92 Å². The molecule has 1 aromatic rings. The first kappa shape index (κ1) is 12.7. The van der Waals surface area contributed by atoms with Gasteiger partial charge >= 0.3 is 0 Å². The Labute approximate surface area is 95.5 Å². The Balaban J connectivity index is 2.65. The Kier molecular flexibility index (Phi) is 4.49. The lowest BCUT2D eigenvalue weighted by atomic mass is 10.0. The zero-order valence-corrected chi connectivity index (χ0v) is 9.97. The first-order valence-electron chi connectivity index (χ1n) is 5.44. The predicted molar refractivity (Wildman–Crippen MR) is 61.0 cm³/mol. The van der Waals surface area contributed by atoms with Gasteiger partial charge in [0.1, 0.15) is 5.69 Å². The SMILES string of the molecule is CC(C)C(CCO)NC(=O)c1cncn1C. The second kappa shape index (κ2) is 5.65. The molecule has 0 spiro atoms. The van der Waals surface area contributed by atoms with Crippen LogP contribution in [0.5, 0.6) is 0 Å². The number of nitrogens with one attached hydrogen (secondary N) is 1. The Hall–Kier alpha value is -1.36. The number of hydrogen-bond acceptors (Lipinski definition) is 3. The Morgan fingerprint density at radius 2 is 2.31 bits per heavy atom. The van der Waals surface area contributed by atoms with Crippen LogP contribution in [0.4, 0.5) is 0 Å². The number of carbonyl (C=O) groups is 1. The topological polar surface area (TPSA) is 67.2 Å². The van der Waals surface area contributed by atoms with Gasteiger partial charge in [0.05, 0.1) is 12.5 Å². The molecule has 1 atom stereocenters. The molecule has 16 heavy (non-hydrogen) atoms. The van der Waals surface area contributed by atoms with Gasteiger partial charge in [-0.05, 0) is 12.3 Å². The summed E-state index contributed by atoms with van der Waals surface area (Å²) in [6.45, 7) is 4.11. The third-order valence-corrected chi connectivity index (χ3v) is 2.61. The van der Waals surface area contributed by atoms with Crippen LogP contribution in [0.25, 0.3) is 0 Å². The quantitative estimate of drug-likeness (QED) is 0.769. The second-order valence-corrected chi connectivity index (χ2v) is 4.23. The monoisotopic (exact) mass is 225 g/mol. The molecular formula is C11H19N3O2. The Bertz CT molecular complexity index is 347. The van der Waals surface area contributed by atoms with E-state index in [4.69, 9.17) is 5.11 Å². The van der Waals surface area contributed by atoms with E-state index < -0.39 is 0 Å². The standard InChI is InChI=1S/C11H19N3O2/c1-8(2)9(4-5-15)13-11(16)10-6-12-7-14(10)3/h6-9,15H,4-5H2,1-3H3,(H,13,16). The molecule has 0 aliphatic heterocycles. The van der Waals surface area contributed by atoms with Crippen molar-refractivity contribution < 1.29 is 9.90 Å². The first-order chi connectivity index (χ1) is 7.56. The van der Waals surface area contributed by atoms with Crippen LogP contribution in [0.1, 0.15) is 30.8 Å². The van der Waals surface area contributed by atoms with Gasteiger partial charge in [-0.1, -0.05) is 13.8 Å². The van der Waals surface area contributed by atoms with E-state index in [-0.39, 0.29) is 18.6 Å². The number of aryl methyl sites for hydroxylation is 1. The number of rotatable bonds is 5. The summed E-state index contributed by atoms with van der Waals surface area (Å²) in [7, 11) is 1.78. The van der Waals surface area contributed by atoms with Gasteiger partial charge in [-0.2, -0.15) is 0 Å². The molecule has 1 heterocycles. The maximum Gasteiger partial charge on any atom is 0.269 e. The maximum atomic E-state index is 11.9. The average molecular weight is 225 g/mol. The highest BCUT2D eigenvalue weighted by molar-refractivity contribution is 5.92. The number of amides is 1. The van der Waals surface area contributed by atoms with Crippen LogP contribution in [-0.2, 0) is 7.05 Å². The largest absolute Gasteiger partial charge is 0.396 e. The summed E-state index contributed by atoms with van der Waals surface area (Å²) in [5.74, 6) is 0.150. The maximum absolute atomic E-state index is 11.9. The lowest BCUT2D eigenvalue weighted by molar-refractivity contribution is 0.0908. The van der Waals surface area contributed by atoms with E-state index in [9.17, 15) is 4.79 Å². The average Bonchev–Trinajstić information content (AvgIpc) is 2.63. The zero-order chi connectivity index (χ0) is 12.1. The molecule has 1 amide bonds. The highest BCUT2D eigenvalue weighted by Crippen LogP contribution is 2.07. The Morgan fingerprint density at radius 3 is 2.75 bits per heavy atom. The van der Waals surface area contributed by atoms with E-state index in [1.54, 1.807) is 17.9 Å². The van der Waals surface area contributed by atoms with E-state index in [0.717, 1.165) is 0 Å². The third kappa shape index (κ3) is 3.06. The molecule has 0 bridgehead atoms. The third-order valence-electron chi connectivity index (χ3n) is 2.61. The summed E-state index contributed by atoms with van der Waals surface area (Å²) >= 11 is 0. The highest BCUT2D eigenvalue weighted by atomic mass is 16.3. The number of aromatic nitrogens is 2. The van der Waals surface area contributed by atoms with E-state index in [1.165, 1.54) is 6.20 Å². The van der Waals surface area contributed by atoms with Crippen LogP contribution >= 0.6 is 0 Å². The van der Waals surface area contributed by atoms with Crippen molar-refractivity contribution in [3.8, 4) is 0 Å². The fourth-order valence-electron chi connectivity index (χ4n) is 1.53.